The fourth-order valence-corrected chi connectivity index (χ4v) is 2.16. The third-order valence-electron chi connectivity index (χ3n) is 3.38. The zero-order valence-corrected chi connectivity index (χ0v) is 12.3. The molecule has 0 saturated carbocycles. The van der Waals surface area contributed by atoms with Gasteiger partial charge < -0.3 is 10.4 Å². The summed E-state index contributed by atoms with van der Waals surface area (Å²) in [7, 11) is 0. The number of carbonyl (C=O) groups excluding carboxylic acids is 1. The third kappa shape index (κ3) is 4.63. The standard InChI is InChI=1S/C18H21NO2/c1-2-3-6-14-9-11-15(12-10-14)13-18(21)19-16-7-4-5-8-17(16)20/h4-5,7-12,20H,2-3,6,13H2,1H3,(H,19,21). The molecular weight excluding hydrogens is 262 g/mol. The Labute approximate surface area is 125 Å². The van der Waals surface area contributed by atoms with Gasteiger partial charge in [-0.05, 0) is 36.1 Å². The van der Waals surface area contributed by atoms with Crippen molar-refractivity contribution in [3.63, 3.8) is 0 Å². The zero-order chi connectivity index (χ0) is 15.1. The van der Waals surface area contributed by atoms with Gasteiger partial charge in [0.1, 0.15) is 5.75 Å². The molecular formula is C18H21NO2. The summed E-state index contributed by atoms with van der Waals surface area (Å²) < 4.78 is 0. The van der Waals surface area contributed by atoms with E-state index in [1.807, 2.05) is 12.1 Å². The van der Waals surface area contributed by atoms with Gasteiger partial charge >= 0.3 is 0 Å². The van der Waals surface area contributed by atoms with Crippen LogP contribution in [0.15, 0.2) is 48.5 Å². The van der Waals surface area contributed by atoms with Gasteiger partial charge in [-0.1, -0.05) is 49.7 Å². The van der Waals surface area contributed by atoms with Crippen LogP contribution >= 0.6 is 0 Å². The first-order valence-electron chi connectivity index (χ1n) is 7.34. The highest BCUT2D eigenvalue weighted by molar-refractivity contribution is 5.93. The quantitative estimate of drug-likeness (QED) is 0.789. The molecule has 1 amide bonds. The van der Waals surface area contributed by atoms with E-state index in [4.69, 9.17) is 0 Å². The summed E-state index contributed by atoms with van der Waals surface area (Å²) >= 11 is 0. The lowest BCUT2D eigenvalue weighted by Crippen LogP contribution is -2.14. The van der Waals surface area contributed by atoms with Gasteiger partial charge in [-0.25, -0.2) is 0 Å². The first kappa shape index (κ1) is 15.1. The number of aryl methyl sites for hydroxylation is 1. The molecule has 2 aromatic carbocycles. The van der Waals surface area contributed by atoms with E-state index < -0.39 is 0 Å². The number of carbonyl (C=O) groups is 1. The van der Waals surface area contributed by atoms with Crippen LogP contribution in [-0.2, 0) is 17.6 Å². The Balaban J connectivity index is 1.92. The fraction of sp³-hybridized carbons (Fsp3) is 0.278. The van der Waals surface area contributed by atoms with Crippen molar-refractivity contribution in [3.05, 3.63) is 59.7 Å². The molecule has 0 saturated heterocycles. The number of phenolic OH excluding ortho intramolecular Hbond substituents is 1. The first-order valence-corrected chi connectivity index (χ1v) is 7.34. The summed E-state index contributed by atoms with van der Waals surface area (Å²) in [5, 5.41) is 12.3. The Morgan fingerprint density at radius 2 is 1.71 bits per heavy atom. The van der Waals surface area contributed by atoms with Crippen LogP contribution in [0.25, 0.3) is 0 Å². The van der Waals surface area contributed by atoms with E-state index in [2.05, 4.69) is 24.4 Å². The van der Waals surface area contributed by atoms with Gasteiger partial charge in [-0.15, -0.1) is 0 Å². The van der Waals surface area contributed by atoms with E-state index in [0.717, 1.165) is 12.0 Å². The summed E-state index contributed by atoms with van der Waals surface area (Å²) in [6, 6.07) is 14.9. The molecule has 2 aromatic rings. The largest absolute Gasteiger partial charge is 0.506 e. The first-order chi connectivity index (χ1) is 10.2. The Bertz CT molecular complexity index is 590. The van der Waals surface area contributed by atoms with Crippen molar-refractivity contribution in [2.24, 2.45) is 0 Å². The number of unbranched alkanes of at least 4 members (excludes halogenated alkanes) is 1. The van der Waals surface area contributed by atoms with Crippen LogP contribution in [0.1, 0.15) is 30.9 Å². The molecule has 0 aliphatic heterocycles. The van der Waals surface area contributed by atoms with Gasteiger partial charge in [0.05, 0.1) is 12.1 Å². The van der Waals surface area contributed by atoms with Crippen molar-refractivity contribution in [1.82, 2.24) is 0 Å². The molecule has 2 rings (SSSR count). The van der Waals surface area contributed by atoms with E-state index >= 15 is 0 Å². The van der Waals surface area contributed by atoms with Gasteiger partial charge in [0.2, 0.25) is 5.91 Å². The minimum absolute atomic E-state index is 0.0840. The molecule has 0 radical (unpaired) electrons. The Morgan fingerprint density at radius 3 is 2.38 bits per heavy atom. The molecule has 0 unspecified atom stereocenters. The normalized spacial score (nSPS) is 10.3. The molecule has 21 heavy (non-hydrogen) atoms. The Morgan fingerprint density at radius 1 is 1.05 bits per heavy atom. The highest BCUT2D eigenvalue weighted by Gasteiger charge is 2.06. The van der Waals surface area contributed by atoms with E-state index in [-0.39, 0.29) is 11.7 Å². The topological polar surface area (TPSA) is 49.3 Å². The number of hydrogen-bond acceptors (Lipinski definition) is 2. The predicted octanol–water partition coefficient (Wildman–Crippen LogP) is 3.92. The maximum atomic E-state index is 12.0. The number of amides is 1. The molecule has 0 atom stereocenters. The SMILES string of the molecule is CCCCc1ccc(CC(=O)Nc2ccccc2O)cc1. The average molecular weight is 283 g/mol. The van der Waals surface area contributed by atoms with E-state index in [1.165, 1.54) is 18.4 Å². The van der Waals surface area contributed by atoms with Crippen LogP contribution < -0.4 is 5.32 Å². The Hall–Kier alpha value is -2.29. The van der Waals surface area contributed by atoms with E-state index in [1.54, 1.807) is 24.3 Å². The zero-order valence-electron chi connectivity index (χ0n) is 12.3. The van der Waals surface area contributed by atoms with Crippen molar-refractivity contribution in [2.45, 2.75) is 32.6 Å². The van der Waals surface area contributed by atoms with Gasteiger partial charge in [0, 0.05) is 0 Å². The van der Waals surface area contributed by atoms with Crippen molar-refractivity contribution >= 4 is 11.6 Å². The number of rotatable bonds is 6. The summed E-state index contributed by atoms with van der Waals surface area (Å²) in [6.07, 6.45) is 3.76. The monoisotopic (exact) mass is 283 g/mol. The molecule has 2 N–H and O–H groups in total. The van der Waals surface area contributed by atoms with E-state index in [9.17, 15) is 9.90 Å². The van der Waals surface area contributed by atoms with Crippen molar-refractivity contribution in [1.29, 1.82) is 0 Å². The number of anilines is 1. The number of para-hydroxylation sites is 2. The number of aromatic hydroxyl groups is 1. The molecule has 3 nitrogen and oxygen atoms in total. The number of nitrogens with one attached hydrogen (secondary N) is 1. The second-order valence-electron chi connectivity index (χ2n) is 5.16. The maximum Gasteiger partial charge on any atom is 0.228 e. The highest BCUT2D eigenvalue weighted by atomic mass is 16.3. The molecule has 0 aliphatic rings. The molecule has 0 fully saturated rings. The smallest absolute Gasteiger partial charge is 0.228 e. The summed E-state index contributed by atoms with van der Waals surface area (Å²) in [5.74, 6) is -0.0430. The third-order valence-corrected chi connectivity index (χ3v) is 3.38. The molecule has 0 aromatic heterocycles. The lowest BCUT2D eigenvalue weighted by molar-refractivity contribution is -0.115. The van der Waals surface area contributed by atoms with Gasteiger partial charge in [0.25, 0.3) is 0 Å². The minimum Gasteiger partial charge on any atom is -0.506 e. The van der Waals surface area contributed by atoms with Crippen molar-refractivity contribution in [3.8, 4) is 5.75 Å². The van der Waals surface area contributed by atoms with Crippen LogP contribution in [-0.4, -0.2) is 11.0 Å². The summed E-state index contributed by atoms with van der Waals surface area (Å²) in [6.45, 7) is 2.18. The second kappa shape index (κ2) is 7.48. The van der Waals surface area contributed by atoms with Crippen LogP contribution in [0.2, 0.25) is 0 Å². The van der Waals surface area contributed by atoms with Crippen molar-refractivity contribution in [2.75, 3.05) is 5.32 Å². The number of hydrogen-bond donors (Lipinski definition) is 2. The van der Waals surface area contributed by atoms with Crippen molar-refractivity contribution < 1.29 is 9.90 Å². The van der Waals surface area contributed by atoms with Crippen LogP contribution in [0.5, 0.6) is 5.75 Å². The highest BCUT2D eigenvalue weighted by Crippen LogP contribution is 2.21. The van der Waals surface area contributed by atoms with Crippen LogP contribution in [0, 0.1) is 0 Å². The summed E-state index contributed by atoms with van der Waals surface area (Å²) in [4.78, 5) is 12.0. The minimum atomic E-state index is -0.127. The molecule has 110 valence electrons. The summed E-state index contributed by atoms with van der Waals surface area (Å²) in [5.41, 5.74) is 2.73. The van der Waals surface area contributed by atoms with Crippen LogP contribution in [0.4, 0.5) is 5.69 Å². The van der Waals surface area contributed by atoms with Crippen LogP contribution in [0.3, 0.4) is 0 Å². The maximum absolute atomic E-state index is 12.0. The number of phenols is 1. The van der Waals surface area contributed by atoms with Gasteiger partial charge in [-0.2, -0.15) is 0 Å². The lowest BCUT2D eigenvalue weighted by atomic mass is 10.0. The molecule has 3 heteroatoms. The Kier molecular flexibility index (Phi) is 5.38. The average Bonchev–Trinajstić information content (AvgIpc) is 2.49. The van der Waals surface area contributed by atoms with Gasteiger partial charge in [-0.3, -0.25) is 4.79 Å². The predicted molar refractivity (Wildman–Crippen MR) is 85.5 cm³/mol. The second-order valence-corrected chi connectivity index (χ2v) is 5.16. The van der Waals surface area contributed by atoms with E-state index in [0.29, 0.717) is 12.1 Å². The fourth-order valence-electron chi connectivity index (χ4n) is 2.16. The molecule has 0 heterocycles. The number of benzene rings is 2. The lowest BCUT2D eigenvalue weighted by Gasteiger charge is -2.07. The molecule has 0 aliphatic carbocycles. The molecule has 0 spiro atoms. The molecule has 0 bridgehead atoms. The van der Waals surface area contributed by atoms with Gasteiger partial charge in [0.15, 0.2) is 0 Å².